The van der Waals surface area contributed by atoms with E-state index in [1.165, 1.54) is 19.3 Å². The van der Waals surface area contributed by atoms with E-state index < -0.39 is 0 Å². The summed E-state index contributed by atoms with van der Waals surface area (Å²) in [5, 5.41) is 2.90. The van der Waals surface area contributed by atoms with Crippen LogP contribution in [-0.2, 0) is 11.2 Å². The molecule has 4 nitrogen and oxygen atoms in total. The summed E-state index contributed by atoms with van der Waals surface area (Å²) in [6.45, 7) is 2.22. The predicted molar refractivity (Wildman–Crippen MR) is 88.1 cm³/mol. The van der Waals surface area contributed by atoms with Crippen molar-refractivity contribution in [3.8, 4) is 11.1 Å². The normalized spacial score (nSPS) is 17.3. The number of aromatic nitrogens is 1. The third-order valence-electron chi connectivity index (χ3n) is 4.50. The summed E-state index contributed by atoms with van der Waals surface area (Å²) in [6, 6.07) is 10.4. The Morgan fingerprint density at radius 1 is 1.00 bits per heavy atom. The lowest BCUT2D eigenvalue weighted by atomic mass is 10.0. The van der Waals surface area contributed by atoms with Crippen LogP contribution in [0, 0.1) is 0 Å². The van der Waals surface area contributed by atoms with Crippen LogP contribution in [0.3, 0.4) is 0 Å². The molecular weight excluding hydrogens is 274 g/mol. The summed E-state index contributed by atoms with van der Waals surface area (Å²) in [4.78, 5) is 18.4. The van der Waals surface area contributed by atoms with E-state index in [1.807, 2.05) is 18.3 Å². The number of piperidine rings is 1. The van der Waals surface area contributed by atoms with Crippen LogP contribution >= 0.6 is 0 Å². The molecular formula is C18H19N3O. The van der Waals surface area contributed by atoms with Crippen molar-refractivity contribution < 1.29 is 4.79 Å². The molecule has 1 fully saturated rings. The molecule has 22 heavy (non-hydrogen) atoms. The van der Waals surface area contributed by atoms with E-state index in [0.29, 0.717) is 6.42 Å². The molecule has 0 aliphatic carbocycles. The number of nitrogens with zero attached hydrogens (tertiary/aromatic N) is 2. The molecule has 0 unspecified atom stereocenters. The van der Waals surface area contributed by atoms with Crippen molar-refractivity contribution in [1.29, 1.82) is 0 Å². The second-order valence-electron chi connectivity index (χ2n) is 6.05. The summed E-state index contributed by atoms with van der Waals surface area (Å²) < 4.78 is 0. The molecule has 0 atom stereocenters. The molecule has 0 saturated carbocycles. The average molecular weight is 293 g/mol. The molecule has 1 amide bonds. The fraction of sp³-hybridized carbons (Fsp3) is 0.333. The van der Waals surface area contributed by atoms with E-state index in [4.69, 9.17) is 0 Å². The standard InChI is InChI=1S/C18H19N3O/c22-18-11-14-5-4-13(10-16(14)20-18)15-6-7-17(19-12-15)21-8-2-1-3-9-21/h4-7,10,12H,1-3,8-9,11H2,(H,20,22). The fourth-order valence-electron chi connectivity index (χ4n) is 3.26. The van der Waals surface area contributed by atoms with Crippen LogP contribution in [0.4, 0.5) is 11.5 Å². The van der Waals surface area contributed by atoms with E-state index in [9.17, 15) is 4.79 Å². The van der Waals surface area contributed by atoms with Crippen molar-refractivity contribution >= 4 is 17.4 Å². The number of hydrogen-bond donors (Lipinski definition) is 1. The molecule has 4 rings (SSSR count). The van der Waals surface area contributed by atoms with Gasteiger partial charge in [-0.05, 0) is 48.6 Å². The molecule has 4 heteroatoms. The van der Waals surface area contributed by atoms with Gasteiger partial charge in [-0.25, -0.2) is 4.98 Å². The first-order chi connectivity index (χ1) is 10.8. The maximum Gasteiger partial charge on any atom is 0.228 e. The Morgan fingerprint density at radius 2 is 1.82 bits per heavy atom. The van der Waals surface area contributed by atoms with Gasteiger partial charge >= 0.3 is 0 Å². The van der Waals surface area contributed by atoms with Crippen molar-refractivity contribution in [2.24, 2.45) is 0 Å². The van der Waals surface area contributed by atoms with Gasteiger partial charge in [-0.2, -0.15) is 0 Å². The first-order valence-electron chi connectivity index (χ1n) is 7.94. The Balaban J connectivity index is 1.58. The van der Waals surface area contributed by atoms with E-state index in [-0.39, 0.29) is 5.91 Å². The monoisotopic (exact) mass is 293 g/mol. The predicted octanol–water partition coefficient (Wildman–Crippen LogP) is 3.23. The second-order valence-corrected chi connectivity index (χ2v) is 6.05. The number of rotatable bonds is 2. The largest absolute Gasteiger partial charge is 0.357 e. The van der Waals surface area contributed by atoms with Gasteiger partial charge in [-0.1, -0.05) is 12.1 Å². The van der Waals surface area contributed by atoms with Gasteiger partial charge in [0.05, 0.1) is 6.42 Å². The Bertz CT molecular complexity index is 703. The zero-order valence-electron chi connectivity index (χ0n) is 12.5. The van der Waals surface area contributed by atoms with Crippen molar-refractivity contribution in [2.45, 2.75) is 25.7 Å². The molecule has 1 aromatic carbocycles. The summed E-state index contributed by atoms with van der Waals surface area (Å²) in [5.74, 6) is 1.14. The third kappa shape index (κ3) is 2.45. The van der Waals surface area contributed by atoms with Crippen molar-refractivity contribution in [3.63, 3.8) is 0 Å². The highest BCUT2D eigenvalue weighted by Gasteiger charge is 2.18. The molecule has 2 aromatic rings. The van der Waals surface area contributed by atoms with Crippen LogP contribution in [0.5, 0.6) is 0 Å². The lowest BCUT2D eigenvalue weighted by molar-refractivity contribution is -0.115. The SMILES string of the molecule is O=C1Cc2ccc(-c3ccc(N4CCCCC4)nc3)cc2N1. The Labute approximate surface area is 130 Å². The van der Waals surface area contributed by atoms with Gasteiger partial charge in [0.25, 0.3) is 0 Å². The van der Waals surface area contributed by atoms with Crippen LogP contribution < -0.4 is 10.2 Å². The molecule has 3 heterocycles. The van der Waals surface area contributed by atoms with Crippen LogP contribution in [0.15, 0.2) is 36.5 Å². The van der Waals surface area contributed by atoms with Crippen LogP contribution in [0.2, 0.25) is 0 Å². The van der Waals surface area contributed by atoms with E-state index >= 15 is 0 Å². The molecule has 2 aliphatic heterocycles. The number of benzene rings is 1. The number of nitrogens with one attached hydrogen (secondary N) is 1. The molecule has 1 N–H and O–H groups in total. The molecule has 1 aromatic heterocycles. The first-order valence-corrected chi connectivity index (χ1v) is 7.94. The number of carbonyl (C=O) groups is 1. The van der Waals surface area contributed by atoms with Gasteiger partial charge in [0, 0.05) is 30.5 Å². The minimum Gasteiger partial charge on any atom is -0.357 e. The molecule has 0 radical (unpaired) electrons. The van der Waals surface area contributed by atoms with Gasteiger partial charge in [0.1, 0.15) is 5.82 Å². The maximum atomic E-state index is 11.4. The highest BCUT2D eigenvalue weighted by molar-refractivity contribution is 5.99. The quantitative estimate of drug-likeness (QED) is 0.924. The number of pyridine rings is 1. The van der Waals surface area contributed by atoms with Crippen LogP contribution in [0.1, 0.15) is 24.8 Å². The number of fused-ring (bicyclic) bond motifs is 1. The van der Waals surface area contributed by atoms with Gasteiger partial charge < -0.3 is 10.2 Å². The zero-order valence-corrected chi connectivity index (χ0v) is 12.5. The number of carbonyl (C=O) groups excluding carboxylic acids is 1. The Morgan fingerprint density at radius 3 is 2.59 bits per heavy atom. The van der Waals surface area contributed by atoms with Crippen molar-refractivity contribution in [2.75, 3.05) is 23.3 Å². The van der Waals surface area contributed by atoms with Crippen LogP contribution in [0.25, 0.3) is 11.1 Å². The molecule has 2 aliphatic rings. The topological polar surface area (TPSA) is 45.2 Å². The van der Waals surface area contributed by atoms with Crippen LogP contribution in [-0.4, -0.2) is 24.0 Å². The van der Waals surface area contributed by atoms with E-state index in [1.54, 1.807) is 0 Å². The van der Waals surface area contributed by atoms with Gasteiger partial charge in [-0.15, -0.1) is 0 Å². The number of anilines is 2. The average Bonchev–Trinajstić information content (AvgIpc) is 2.95. The minimum absolute atomic E-state index is 0.0747. The minimum atomic E-state index is 0.0747. The van der Waals surface area contributed by atoms with E-state index in [2.05, 4.69) is 33.4 Å². The number of hydrogen-bond acceptors (Lipinski definition) is 3. The molecule has 1 saturated heterocycles. The molecule has 0 spiro atoms. The van der Waals surface area contributed by atoms with Gasteiger partial charge in [0.15, 0.2) is 0 Å². The zero-order chi connectivity index (χ0) is 14.9. The third-order valence-corrected chi connectivity index (χ3v) is 4.50. The summed E-state index contributed by atoms with van der Waals surface area (Å²) in [6.07, 6.45) is 6.27. The summed E-state index contributed by atoms with van der Waals surface area (Å²) >= 11 is 0. The summed E-state index contributed by atoms with van der Waals surface area (Å²) in [5.41, 5.74) is 4.19. The Kier molecular flexibility index (Phi) is 3.29. The van der Waals surface area contributed by atoms with Crippen molar-refractivity contribution in [1.82, 2.24) is 4.98 Å². The lowest BCUT2D eigenvalue weighted by Gasteiger charge is -2.27. The van der Waals surface area contributed by atoms with Gasteiger partial charge in [-0.3, -0.25) is 4.79 Å². The summed E-state index contributed by atoms with van der Waals surface area (Å²) in [7, 11) is 0. The highest BCUT2D eigenvalue weighted by atomic mass is 16.1. The second kappa shape index (κ2) is 5.44. The molecule has 0 bridgehead atoms. The number of amides is 1. The highest BCUT2D eigenvalue weighted by Crippen LogP contribution is 2.30. The van der Waals surface area contributed by atoms with Crippen molar-refractivity contribution in [3.05, 3.63) is 42.1 Å². The smallest absolute Gasteiger partial charge is 0.228 e. The maximum absolute atomic E-state index is 11.4. The van der Waals surface area contributed by atoms with E-state index in [0.717, 1.165) is 41.3 Å². The fourth-order valence-corrected chi connectivity index (χ4v) is 3.26. The van der Waals surface area contributed by atoms with Gasteiger partial charge in [0.2, 0.25) is 5.91 Å². The first kappa shape index (κ1) is 13.3. The Hall–Kier alpha value is -2.36. The lowest BCUT2D eigenvalue weighted by Crippen LogP contribution is -2.29. The molecule has 112 valence electrons.